The fourth-order valence-electron chi connectivity index (χ4n) is 0.920. The molecule has 15 heavy (non-hydrogen) atoms. The first-order chi connectivity index (χ1) is 6.71. The first-order valence-corrected chi connectivity index (χ1v) is 7.23. The summed E-state index contributed by atoms with van der Waals surface area (Å²) in [6.45, 7) is 9.02. The lowest BCUT2D eigenvalue weighted by Gasteiger charge is -2.18. The molecule has 0 aromatic carbocycles. The third kappa shape index (κ3) is 13.9. The van der Waals surface area contributed by atoms with Crippen LogP contribution in [0.5, 0.6) is 0 Å². The van der Waals surface area contributed by atoms with Crippen LogP contribution in [0.2, 0.25) is 0 Å². The van der Waals surface area contributed by atoms with Crippen LogP contribution in [0.3, 0.4) is 0 Å². The van der Waals surface area contributed by atoms with Crippen molar-refractivity contribution in [2.45, 2.75) is 20.8 Å². The molecule has 0 radical (unpaired) electrons. The SMILES string of the molecule is CC(C)(C)CNCCOCCS(C)(=O)=O. The minimum absolute atomic E-state index is 0.103. The van der Waals surface area contributed by atoms with E-state index in [2.05, 4.69) is 26.1 Å². The summed E-state index contributed by atoms with van der Waals surface area (Å²) in [7, 11) is -2.89. The zero-order valence-electron chi connectivity index (χ0n) is 10.2. The van der Waals surface area contributed by atoms with Gasteiger partial charge >= 0.3 is 0 Å². The molecule has 0 unspecified atom stereocenters. The first-order valence-electron chi connectivity index (χ1n) is 5.17. The van der Waals surface area contributed by atoms with Gasteiger partial charge in [0.2, 0.25) is 0 Å². The van der Waals surface area contributed by atoms with Gasteiger partial charge in [-0.05, 0) is 5.41 Å². The molecule has 1 N–H and O–H groups in total. The average molecular weight is 237 g/mol. The van der Waals surface area contributed by atoms with E-state index in [4.69, 9.17) is 4.74 Å². The lowest BCUT2D eigenvalue weighted by Crippen LogP contribution is -2.30. The molecule has 0 aliphatic rings. The van der Waals surface area contributed by atoms with Gasteiger partial charge in [0, 0.05) is 19.3 Å². The van der Waals surface area contributed by atoms with Crippen LogP contribution in [0.4, 0.5) is 0 Å². The Morgan fingerprint density at radius 1 is 1.20 bits per heavy atom. The standard InChI is InChI=1S/C10H23NO3S/c1-10(2,3)9-11-5-6-14-7-8-15(4,12)13/h11H,5-9H2,1-4H3. The highest BCUT2D eigenvalue weighted by Gasteiger charge is 2.08. The maximum absolute atomic E-state index is 10.8. The summed E-state index contributed by atoms with van der Waals surface area (Å²) in [6.07, 6.45) is 1.22. The van der Waals surface area contributed by atoms with E-state index >= 15 is 0 Å². The molecule has 0 saturated heterocycles. The number of ether oxygens (including phenoxy) is 1. The topological polar surface area (TPSA) is 55.4 Å². The summed E-state index contributed by atoms with van der Waals surface area (Å²) in [4.78, 5) is 0. The Morgan fingerprint density at radius 2 is 1.80 bits per heavy atom. The van der Waals surface area contributed by atoms with Crippen LogP contribution < -0.4 is 5.32 Å². The molecule has 0 spiro atoms. The van der Waals surface area contributed by atoms with Crippen LogP contribution in [0, 0.1) is 5.41 Å². The average Bonchev–Trinajstić information content (AvgIpc) is 1.98. The number of sulfone groups is 1. The predicted molar refractivity (Wildman–Crippen MR) is 62.9 cm³/mol. The Bertz CT molecular complexity index is 254. The summed E-state index contributed by atoms with van der Waals surface area (Å²) in [6, 6.07) is 0. The smallest absolute Gasteiger partial charge is 0.149 e. The van der Waals surface area contributed by atoms with Crippen molar-refractivity contribution < 1.29 is 13.2 Å². The second kappa shape index (κ2) is 6.45. The molecule has 0 fully saturated rings. The quantitative estimate of drug-likeness (QED) is 0.662. The van der Waals surface area contributed by atoms with Gasteiger partial charge in [0.15, 0.2) is 0 Å². The van der Waals surface area contributed by atoms with Gasteiger partial charge in [-0.15, -0.1) is 0 Å². The zero-order valence-corrected chi connectivity index (χ0v) is 11.0. The summed E-state index contributed by atoms with van der Waals surface area (Å²) < 4.78 is 26.7. The van der Waals surface area contributed by atoms with Crippen LogP contribution in [0.15, 0.2) is 0 Å². The van der Waals surface area contributed by atoms with Crippen molar-refractivity contribution in [1.29, 1.82) is 0 Å². The van der Waals surface area contributed by atoms with Crippen molar-refractivity contribution in [3.8, 4) is 0 Å². The van der Waals surface area contributed by atoms with Gasteiger partial charge < -0.3 is 10.1 Å². The third-order valence-corrected chi connectivity index (χ3v) is 2.59. The summed E-state index contributed by atoms with van der Waals surface area (Å²) in [5, 5.41) is 3.25. The molecule has 0 rings (SSSR count). The van der Waals surface area contributed by atoms with E-state index in [9.17, 15) is 8.42 Å². The van der Waals surface area contributed by atoms with E-state index in [1.807, 2.05) is 0 Å². The molecule has 0 bridgehead atoms. The molecule has 0 aromatic rings. The first kappa shape index (κ1) is 14.9. The Labute approximate surface area is 93.3 Å². The minimum atomic E-state index is -2.89. The fraction of sp³-hybridized carbons (Fsp3) is 1.00. The van der Waals surface area contributed by atoms with Crippen LogP contribution >= 0.6 is 0 Å². The van der Waals surface area contributed by atoms with Crippen molar-refractivity contribution in [2.24, 2.45) is 5.41 Å². The third-order valence-electron chi connectivity index (χ3n) is 1.68. The van der Waals surface area contributed by atoms with Gasteiger partial charge in [0.1, 0.15) is 9.84 Å². The van der Waals surface area contributed by atoms with Crippen molar-refractivity contribution in [1.82, 2.24) is 5.32 Å². The van der Waals surface area contributed by atoms with Gasteiger partial charge in [-0.1, -0.05) is 20.8 Å². The largest absolute Gasteiger partial charge is 0.379 e. The van der Waals surface area contributed by atoms with Gasteiger partial charge in [0.25, 0.3) is 0 Å². The molecule has 0 atom stereocenters. The molecule has 92 valence electrons. The van der Waals surface area contributed by atoms with Crippen LogP contribution in [-0.4, -0.2) is 46.7 Å². The molecular formula is C10H23NO3S. The molecular weight excluding hydrogens is 214 g/mol. The Morgan fingerprint density at radius 3 is 2.27 bits per heavy atom. The molecule has 0 heterocycles. The highest BCUT2D eigenvalue weighted by molar-refractivity contribution is 7.90. The van der Waals surface area contributed by atoms with Gasteiger partial charge in [-0.25, -0.2) is 8.42 Å². The van der Waals surface area contributed by atoms with Crippen molar-refractivity contribution in [3.63, 3.8) is 0 Å². The second-order valence-corrected chi connectivity index (χ2v) is 7.24. The summed E-state index contributed by atoms with van der Waals surface area (Å²) in [5.74, 6) is 0.103. The van der Waals surface area contributed by atoms with E-state index in [1.54, 1.807) is 0 Å². The monoisotopic (exact) mass is 237 g/mol. The van der Waals surface area contributed by atoms with Gasteiger partial charge in [0.05, 0.1) is 19.0 Å². The summed E-state index contributed by atoms with van der Waals surface area (Å²) >= 11 is 0. The van der Waals surface area contributed by atoms with Crippen molar-refractivity contribution in [3.05, 3.63) is 0 Å². The maximum atomic E-state index is 10.8. The molecule has 0 amide bonds. The van der Waals surface area contributed by atoms with E-state index < -0.39 is 9.84 Å². The number of nitrogens with one attached hydrogen (secondary N) is 1. The van der Waals surface area contributed by atoms with E-state index in [0.717, 1.165) is 13.1 Å². The highest BCUT2D eigenvalue weighted by Crippen LogP contribution is 2.09. The van der Waals surface area contributed by atoms with Crippen molar-refractivity contribution in [2.75, 3.05) is 38.3 Å². The van der Waals surface area contributed by atoms with Gasteiger partial charge in [-0.3, -0.25) is 0 Å². The normalized spacial score (nSPS) is 13.1. The zero-order chi connectivity index (χ0) is 11.9. The Kier molecular flexibility index (Phi) is 6.40. The van der Waals surface area contributed by atoms with Gasteiger partial charge in [-0.2, -0.15) is 0 Å². The van der Waals surface area contributed by atoms with E-state index in [-0.39, 0.29) is 17.8 Å². The van der Waals surface area contributed by atoms with Crippen molar-refractivity contribution >= 4 is 9.84 Å². The predicted octanol–water partition coefficient (Wildman–Crippen LogP) is 0.683. The maximum Gasteiger partial charge on any atom is 0.149 e. The Balaban J connectivity index is 3.27. The second-order valence-electron chi connectivity index (χ2n) is 4.98. The Hall–Kier alpha value is -0.130. The number of rotatable bonds is 7. The lowest BCUT2D eigenvalue weighted by molar-refractivity contribution is 0.148. The van der Waals surface area contributed by atoms with E-state index in [0.29, 0.717) is 6.61 Å². The van der Waals surface area contributed by atoms with Crippen LogP contribution in [0.25, 0.3) is 0 Å². The molecule has 4 nitrogen and oxygen atoms in total. The minimum Gasteiger partial charge on any atom is -0.379 e. The molecule has 0 aliphatic carbocycles. The molecule has 0 aromatic heterocycles. The molecule has 0 aliphatic heterocycles. The fourth-order valence-corrected chi connectivity index (χ4v) is 1.34. The molecule has 0 saturated carbocycles. The molecule has 5 heteroatoms. The van der Waals surface area contributed by atoms with E-state index in [1.165, 1.54) is 6.26 Å². The number of hydrogen-bond acceptors (Lipinski definition) is 4. The highest BCUT2D eigenvalue weighted by atomic mass is 32.2. The van der Waals surface area contributed by atoms with Crippen LogP contribution in [0.1, 0.15) is 20.8 Å². The van der Waals surface area contributed by atoms with Crippen LogP contribution in [-0.2, 0) is 14.6 Å². The lowest BCUT2D eigenvalue weighted by atomic mass is 9.97. The summed E-state index contributed by atoms with van der Waals surface area (Å²) in [5.41, 5.74) is 0.271. The number of hydrogen-bond donors (Lipinski definition) is 1.